The van der Waals surface area contributed by atoms with Crippen molar-refractivity contribution in [2.75, 3.05) is 30.3 Å². The summed E-state index contributed by atoms with van der Waals surface area (Å²) in [6.45, 7) is 2.17. The average molecular weight is 315 g/mol. The second-order valence-corrected chi connectivity index (χ2v) is 5.65. The molecule has 1 aliphatic rings. The van der Waals surface area contributed by atoms with Gasteiger partial charge in [0.25, 0.3) is 0 Å². The maximum absolute atomic E-state index is 12.3. The number of amides is 1. The van der Waals surface area contributed by atoms with Gasteiger partial charge in [0.05, 0.1) is 5.92 Å². The van der Waals surface area contributed by atoms with E-state index in [0.29, 0.717) is 25.3 Å². The van der Waals surface area contributed by atoms with Gasteiger partial charge in [-0.25, -0.2) is 4.98 Å². The summed E-state index contributed by atoms with van der Waals surface area (Å²) in [6.07, 6.45) is 4.27. The zero-order valence-electron chi connectivity index (χ0n) is 12.9. The average Bonchev–Trinajstić information content (AvgIpc) is 3.01. The van der Waals surface area contributed by atoms with Crippen LogP contribution in [0.15, 0.2) is 24.4 Å². The number of nitrogens with two attached hydrogens (primary N) is 1. The summed E-state index contributed by atoms with van der Waals surface area (Å²) in [5, 5.41) is 9.46. The zero-order valence-corrected chi connectivity index (χ0v) is 12.9. The number of nitrogens with zero attached hydrogens (tertiary/aromatic N) is 4. The molecule has 0 radical (unpaired) electrons. The molecule has 1 fully saturated rings. The number of carbonyl (C=O) groups is 1. The lowest BCUT2D eigenvalue weighted by molar-refractivity contribution is -0.125. The molecule has 0 aliphatic carbocycles. The van der Waals surface area contributed by atoms with Crippen molar-refractivity contribution in [2.24, 2.45) is 5.92 Å². The number of aromatic amines is 1. The van der Waals surface area contributed by atoms with Crippen LogP contribution in [0.1, 0.15) is 18.7 Å². The Balaban J connectivity index is 1.49. The normalized spacial score (nSPS) is 17.9. The van der Waals surface area contributed by atoms with Crippen molar-refractivity contribution in [3.8, 4) is 0 Å². The van der Waals surface area contributed by atoms with E-state index < -0.39 is 0 Å². The maximum Gasteiger partial charge on any atom is 0.239 e. The first kappa shape index (κ1) is 15.3. The Kier molecular flexibility index (Phi) is 4.70. The van der Waals surface area contributed by atoms with Crippen LogP contribution in [0.4, 0.5) is 11.8 Å². The minimum atomic E-state index is -0.00875. The molecule has 8 nitrogen and oxygen atoms in total. The summed E-state index contributed by atoms with van der Waals surface area (Å²) in [4.78, 5) is 22.9. The van der Waals surface area contributed by atoms with Gasteiger partial charge in [0.2, 0.25) is 11.9 Å². The third kappa shape index (κ3) is 3.97. The van der Waals surface area contributed by atoms with Crippen LogP contribution in [0.3, 0.4) is 0 Å². The summed E-state index contributed by atoms with van der Waals surface area (Å²) in [5.74, 6) is 1.91. The summed E-state index contributed by atoms with van der Waals surface area (Å²) in [6, 6.07) is 5.84. The molecule has 4 N–H and O–H groups in total. The van der Waals surface area contributed by atoms with Crippen LogP contribution in [-0.2, 0) is 11.2 Å². The molecule has 0 aromatic carbocycles. The molecule has 3 heterocycles. The standard InChI is InChI=1S/C15H21N7O/c16-15-19-12(20-21-15)6-8-18-14(23)11-4-3-9-22(10-11)13-5-1-2-7-17-13/h1-2,5,7,11H,3-4,6,8-10H2,(H,18,23)(H3,16,19,20,21)/t11-/m0/s1. The van der Waals surface area contributed by atoms with Crippen LogP contribution in [0.25, 0.3) is 0 Å². The molecule has 122 valence electrons. The molecule has 0 spiro atoms. The Morgan fingerprint density at radius 1 is 1.48 bits per heavy atom. The quantitative estimate of drug-likeness (QED) is 0.734. The van der Waals surface area contributed by atoms with Crippen LogP contribution < -0.4 is 16.0 Å². The molecule has 2 aromatic heterocycles. The lowest BCUT2D eigenvalue weighted by atomic mass is 9.97. The second kappa shape index (κ2) is 7.08. The molecule has 1 atom stereocenters. The number of carbonyl (C=O) groups excluding carboxylic acids is 1. The predicted octanol–water partition coefficient (Wildman–Crippen LogP) is 0.357. The van der Waals surface area contributed by atoms with E-state index in [1.807, 2.05) is 18.2 Å². The number of aromatic nitrogens is 4. The largest absolute Gasteiger partial charge is 0.367 e. The van der Waals surface area contributed by atoms with E-state index >= 15 is 0 Å². The smallest absolute Gasteiger partial charge is 0.239 e. The van der Waals surface area contributed by atoms with Crippen molar-refractivity contribution in [1.29, 1.82) is 0 Å². The molecular weight excluding hydrogens is 294 g/mol. The molecule has 0 bridgehead atoms. The fourth-order valence-electron chi connectivity index (χ4n) is 2.81. The van der Waals surface area contributed by atoms with Crippen molar-refractivity contribution in [1.82, 2.24) is 25.5 Å². The molecular formula is C15H21N7O. The van der Waals surface area contributed by atoms with E-state index in [2.05, 4.69) is 30.4 Å². The summed E-state index contributed by atoms with van der Waals surface area (Å²) in [5.41, 5.74) is 5.45. The summed E-state index contributed by atoms with van der Waals surface area (Å²) < 4.78 is 0. The first-order chi connectivity index (χ1) is 11.2. The predicted molar refractivity (Wildman–Crippen MR) is 86.7 cm³/mol. The number of hydrogen-bond acceptors (Lipinski definition) is 6. The van der Waals surface area contributed by atoms with Crippen molar-refractivity contribution in [3.63, 3.8) is 0 Å². The van der Waals surface area contributed by atoms with Gasteiger partial charge in [-0.15, -0.1) is 5.10 Å². The first-order valence-electron chi connectivity index (χ1n) is 7.83. The van der Waals surface area contributed by atoms with E-state index in [0.717, 1.165) is 25.2 Å². The number of anilines is 2. The van der Waals surface area contributed by atoms with Gasteiger partial charge in [-0.1, -0.05) is 6.07 Å². The molecule has 3 rings (SSSR count). The molecule has 1 aliphatic heterocycles. The van der Waals surface area contributed by atoms with Gasteiger partial charge in [-0.3, -0.25) is 9.89 Å². The van der Waals surface area contributed by atoms with Crippen LogP contribution in [0, 0.1) is 5.92 Å². The SMILES string of the molecule is Nc1n[nH]c(CCNC(=O)[C@H]2CCCN(c3ccccn3)C2)n1. The number of H-pyrrole nitrogens is 1. The molecule has 8 heteroatoms. The van der Waals surface area contributed by atoms with Crippen molar-refractivity contribution in [3.05, 3.63) is 30.2 Å². The van der Waals surface area contributed by atoms with E-state index in [9.17, 15) is 4.79 Å². The zero-order chi connectivity index (χ0) is 16.1. The third-order valence-electron chi connectivity index (χ3n) is 3.98. The topological polar surface area (TPSA) is 113 Å². The number of pyridine rings is 1. The molecule has 2 aromatic rings. The Labute approximate surface area is 134 Å². The minimum absolute atomic E-state index is 0.00875. The van der Waals surface area contributed by atoms with E-state index in [1.54, 1.807) is 6.20 Å². The molecule has 0 unspecified atom stereocenters. The Bertz CT molecular complexity index is 642. The number of hydrogen-bond donors (Lipinski definition) is 3. The molecule has 1 saturated heterocycles. The molecule has 0 saturated carbocycles. The summed E-state index contributed by atoms with van der Waals surface area (Å²) >= 11 is 0. The number of nitrogen functional groups attached to an aromatic ring is 1. The van der Waals surface area contributed by atoms with Crippen LogP contribution in [0.2, 0.25) is 0 Å². The van der Waals surface area contributed by atoms with E-state index in [4.69, 9.17) is 5.73 Å². The second-order valence-electron chi connectivity index (χ2n) is 5.65. The fraction of sp³-hybridized carbons (Fsp3) is 0.467. The Hall–Kier alpha value is -2.64. The van der Waals surface area contributed by atoms with Gasteiger partial charge in [0.1, 0.15) is 11.6 Å². The van der Waals surface area contributed by atoms with Gasteiger partial charge < -0.3 is 16.0 Å². The number of nitrogens with one attached hydrogen (secondary N) is 2. The van der Waals surface area contributed by atoms with Gasteiger partial charge in [0, 0.05) is 32.3 Å². The maximum atomic E-state index is 12.3. The highest BCUT2D eigenvalue weighted by molar-refractivity contribution is 5.79. The third-order valence-corrected chi connectivity index (χ3v) is 3.98. The minimum Gasteiger partial charge on any atom is -0.367 e. The van der Waals surface area contributed by atoms with E-state index in [-0.39, 0.29) is 17.8 Å². The van der Waals surface area contributed by atoms with Gasteiger partial charge in [-0.2, -0.15) is 4.98 Å². The number of piperidine rings is 1. The highest BCUT2D eigenvalue weighted by Gasteiger charge is 2.26. The van der Waals surface area contributed by atoms with Gasteiger partial charge in [0.15, 0.2) is 0 Å². The monoisotopic (exact) mass is 315 g/mol. The lowest BCUT2D eigenvalue weighted by Gasteiger charge is -2.32. The lowest BCUT2D eigenvalue weighted by Crippen LogP contribution is -2.43. The highest BCUT2D eigenvalue weighted by Crippen LogP contribution is 2.21. The number of rotatable bonds is 5. The van der Waals surface area contributed by atoms with Crippen molar-refractivity contribution >= 4 is 17.7 Å². The van der Waals surface area contributed by atoms with E-state index in [1.165, 1.54) is 0 Å². The van der Waals surface area contributed by atoms with Crippen molar-refractivity contribution in [2.45, 2.75) is 19.3 Å². The van der Waals surface area contributed by atoms with Crippen LogP contribution >= 0.6 is 0 Å². The van der Waals surface area contributed by atoms with Crippen molar-refractivity contribution < 1.29 is 4.79 Å². The van der Waals surface area contributed by atoms with Crippen LogP contribution in [-0.4, -0.2) is 45.7 Å². The van der Waals surface area contributed by atoms with Gasteiger partial charge >= 0.3 is 0 Å². The first-order valence-corrected chi connectivity index (χ1v) is 7.83. The summed E-state index contributed by atoms with van der Waals surface area (Å²) in [7, 11) is 0. The van der Waals surface area contributed by atoms with Gasteiger partial charge in [-0.05, 0) is 25.0 Å². The van der Waals surface area contributed by atoms with Crippen LogP contribution in [0.5, 0.6) is 0 Å². The Morgan fingerprint density at radius 3 is 3.13 bits per heavy atom. The fourth-order valence-corrected chi connectivity index (χ4v) is 2.81. The Morgan fingerprint density at radius 2 is 2.39 bits per heavy atom. The molecule has 23 heavy (non-hydrogen) atoms. The molecule has 1 amide bonds. The highest BCUT2D eigenvalue weighted by atomic mass is 16.1.